The lowest BCUT2D eigenvalue weighted by atomic mass is 10.1. The number of nitrogens with zero attached hydrogens (tertiary/aromatic N) is 2. The molecule has 6 nitrogen and oxygen atoms in total. The topological polar surface area (TPSA) is 87.2 Å². The van der Waals surface area contributed by atoms with Crippen LogP contribution in [-0.2, 0) is 21.3 Å². The van der Waals surface area contributed by atoms with Gasteiger partial charge in [-0.1, -0.05) is 0 Å². The quantitative estimate of drug-likeness (QED) is 0.839. The van der Waals surface area contributed by atoms with E-state index < -0.39 is 10.0 Å². The van der Waals surface area contributed by atoms with Crippen molar-refractivity contribution >= 4 is 10.0 Å². The molecule has 1 aromatic rings. The minimum atomic E-state index is -3.69. The van der Waals surface area contributed by atoms with Gasteiger partial charge in [0.25, 0.3) is 0 Å². The molecule has 0 aliphatic carbocycles. The average Bonchev–Trinajstić information content (AvgIpc) is 2.75. The molecule has 0 radical (unpaired) electrons. The number of nitrogens with two attached hydrogens (primary N) is 1. The Hall–Kier alpha value is -0.920. The highest BCUT2D eigenvalue weighted by molar-refractivity contribution is 7.89. The first kappa shape index (κ1) is 12.5. The third-order valence-electron chi connectivity index (χ3n) is 3.05. The fourth-order valence-electron chi connectivity index (χ4n) is 2.24. The molecule has 1 fully saturated rings. The zero-order valence-electron chi connectivity index (χ0n) is 10.0. The molecule has 2 heterocycles. The van der Waals surface area contributed by atoms with Crippen molar-refractivity contribution in [2.24, 2.45) is 11.1 Å². The molecule has 1 aromatic heterocycles. The molecule has 17 heavy (non-hydrogen) atoms. The molecule has 2 rings (SSSR count). The molecule has 2 N–H and O–H groups in total. The van der Waals surface area contributed by atoms with Gasteiger partial charge in [-0.3, -0.25) is 4.68 Å². The smallest absolute Gasteiger partial charge is 0.241 e. The molecule has 1 aliphatic heterocycles. The van der Waals surface area contributed by atoms with Crippen molar-refractivity contribution < 1.29 is 13.2 Å². The van der Waals surface area contributed by atoms with E-state index in [9.17, 15) is 8.42 Å². The first-order chi connectivity index (χ1) is 7.89. The standard InChI is InChI=1S/C10H17N3O3S/c1-7-10(17(11,14)15)8(2)13(12-7)5-9-3-4-16-6-9/h9H,3-6H2,1-2H3,(H2,11,14,15). The molecular weight excluding hydrogens is 242 g/mol. The number of hydrogen-bond donors (Lipinski definition) is 1. The van der Waals surface area contributed by atoms with Crippen molar-refractivity contribution in [2.75, 3.05) is 13.2 Å². The van der Waals surface area contributed by atoms with Crippen LogP contribution in [0.25, 0.3) is 0 Å². The maximum atomic E-state index is 11.4. The molecule has 1 unspecified atom stereocenters. The number of ether oxygens (including phenoxy) is 1. The van der Waals surface area contributed by atoms with Gasteiger partial charge < -0.3 is 4.74 Å². The van der Waals surface area contributed by atoms with Gasteiger partial charge in [0, 0.05) is 19.1 Å². The zero-order chi connectivity index (χ0) is 12.6. The summed E-state index contributed by atoms with van der Waals surface area (Å²) in [5, 5.41) is 9.42. The van der Waals surface area contributed by atoms with Crippen LogP contribution in [0.2, 0.25) is 0 Å². The molecule has 7 heteroatoms. The molecule has 0 amide bonds. The Morgan fingerprint density at radius 1 is 1.53 bits per heavy atom. The van der Waals surface area contributed by atoms with E-state index in [2.05, 4.69) is 5.10 Å². The third kappa shape index (κ3) is 2.51. The van der Waals surface area contributed by atoms with Gasteiger partial charge in [0.1, 0.15) is 4.90 Å². The van der Waals surface area contributed by atoms with Crippen LogP contribution in [0.3, 0.4) is 0 Å². The van der Waals surface area contributed by atoms with Gasteiger partial charge in [0.05, 0.1) is 18.0 Å². The summed E-state index contributed by atoms with van der Waals surface area (Å²) in [5.41, 5.74) is 1.07. The van der Waals surface area contributed by atoms with E-state index in [0.717, 1.165) is 13.0 Å². The Morgan fingerprint density at radius 2 is 2.24 bits per heavy atom. The second-order valence-electron chi connectivity index (χ2n) is 4.46. The Labute approximate surface area is 101 Å². The first-order valence-corrected chi connectivity index (χ1v) is 7.09. The largest absolute Gasteiger partial charge is 0.381 e. The van der Waals surface area contributed by atoms with E-state index in [1.54, 1.807) is 18.5 Å². The third-order valence-corrected chi connectivity index (χ3v) is 4.21. The fraction of sp³-hybridized carbons (Fsp3) is 0.700. The first-order valence-electron chi connectivity index (χ1n) is 5.54. The average molecular weight is 259 g/mol. The van der Waals surface area contributed by atoms with E-state index in [4.69, 9.17) is 9.88 Å². The van der Waals surface area contributed by atoms with Crippen LogP contribution in [0, 0.1) is 19.8 Å². The lowest BCUT2D eigenvalue weighted by molar-refractivity contribution is 0.181. The predicted octanol–water partition coefficient (Wildman–Crippen LogP) is 0.184. The summed E-state index contributed by atoms with van der Waals surface area (Å²) in [6, 6.07) is 0. The summed E-state index contributed by atoms with van der Waals surface area (Å²) in [6.07, 6.45) is 0.989. The second-order valence-corrected chi connectivity index (χ2v) is 5.95. The van der Waals surface area contributed by atoms with Gasteiger partial charge in [-0.2, -0.15) is 5.10 Å². The molecular formula is C10H17N3O3S. The van der Waals surface area contributed by atoms with Gasteiger partial charge in [-0.05, 0) is 20.3 Å². The maximum absolute atomic E-state index is 11.4. The molecule has 96 valence electrons. The Balaban J connectivity index is 2.30. The van der Waals surface area contributed by atoms with Gasteiger partial charge in [0.15, 0.2) is 0 Å². The summed E-state index contributed by atoms with van der Waals surface area (Å²) in [7, 11) is -3.69. The zero-order valence-corrected chi connectivity index (χ0v) is 10.8. The number of hydrogen-bond acceptors (Lipinski definition) is 4. The minimum Gasteiger partial charge on any atom is -0.381 e. The minimum absolute atomic E-state index is 0.149. The van der Waals surface area contributed by atoms with E-state index in [1.165, 1.54) is 0 Å². The lowest BCUT2D eigenvalue weighted by Gasteiger charge is -2.09. The van der Waals surface area contributed by atoms with Crippen LogP contribution in [0.1, 0.15) is 17.8 Å². The molecule has 1 saturated heterocycles. The number of aromatic nitrogens is 2. The van der Waals surface area contributed by atoms with Crippen molar-refractivity contribution in [1.82, 2.24) is 9.78 Å². The normalized spacial score (nSPS) is 21.0. The molecule has 0 bridgehead atoms. The van der Waals surface area contributed by atoms with Crippen LogP contribution in [0.15, 0.2) is 4.90 Å². The number of primary sulfonamides is 1. The summed E-state index contributed by atoms with van der Waals surface area (Å²) in [5.74, 6) is 0.404. The van der Waals surface area contributed by atoms with E-state index in [-0.39, 0.29) is 4.90 Å². The highest BCUT2D eigenvalue weighted by Crippen LogP contribution is 2.21. The van der Waals surface area contributed by atoms with Crippen molar-refractivity contribution in [1.29, 1.82) is 0 Å². The summed E-state index contributed by atoms with van der Waals surface area (Å²) in [6.45, 7) is 5.56. The number of rotatable bonds is 3. The van der Waals surface area contributed by atoms with E-state index >= 15 is 0 Å². The maximum Gasteiger partial charge on any atom is 0.241 e. The second kappa shape index (κ2) is 4.40. The molecule has 1 aliphatic rings. The Bertz CT molecular complexity index is 515. The van der Waals surface area contributed by atoms with Crippen LogP contribution in [-0.4, -0.2) is 31.4 Å². The number of aryl methyl sites for hydroxylation is 1. The predicted molar refractivity (Wildman–Crippen MR) is 62.0 cm³/mol. The lowest BCUT2D eigenvalue weighted by Crippen LogP contribution is -2.16. The van der Waals surface area contributed by atoms with E-state index in [0.29, 0.717) is 30.5 Å². The summed E-state index contributed by atoms with van der Waals surface area (Å²) < 4.78 is 29.9. The van der Waals surface area contributed by atoms with Crippen LogP contribution in [0.5, 0.6) is 0 Å². The van der Waals surface area contributed by atoms with E-state index in [1.807, 2.05) is 0 Å². The molecule has 0 saturated carbocycles. The van der Waals surface area contributed by atoms with Crippen LogP contribution >= 0.6 is 0 Å². The number of sulfonamides is 1. The highest BCUT2D eigenvalue weighted by atomic mass is 32.2. The van der Waals surface area contributed by atoms with Gasteiger partial charge in [-0.15, -0.1) is 0 Å². The molecule has 0 aromatic carbocycles. The summed E-state index contributed by atoms with van der Waals surface area (Å²) in [4.78, 5) is 0.149. The van der Waals surface area contributed by atoms with Gasteiger partial charge in [0.2, 0.25) is 10.0 Å². The van der Waals surface area contributed by atoms with Crippen molar-refractivity contribution in [3.05, 3.63) is 11.4 Å². The fourth-order valence-corrected chi connectivity index (χ4v) is 3.21. The van der Waals surface area contributed by atoms with Crippen molar-refractivity contribution in [3.8, 4) is 0 Å². The highest BCUT2D eigenvalue weighted by Gasteiger charge is 2.23. The van der Waals surface area contributed by atoms with Crippen LogP contribution in [0.4, 0.5) is 0 Å². The Morgan fingerprint density at radius 3 is 2.71 bits per heavy atom. The van der Waals surface area contributed by atoms with Gasteiger partial charge >= 0.3 is 0 Å². The Kier molecular flexibility index (Phi) is 3.24. The molecule has 0 spiro atoms. The van der Waals surface area contributed by atoms with Crippen molar-refractivity contribution in [3.63, 3.8) is 0 Å². The molecule has 1 atom stereocenters. The summed E-state index contributed by atoms with van der Waals surface area (Å²) >= 11 is 0. The van der Waals surface area contributed by atoms with Crippen LogP contribution < -0.4 is 5.14 Å². The van der Waals surface area contributed by atoms with Gasteiger partial charge in [-0.25, -0.2) is 13.6 Å². The van der Waals surface area contributed by atoms with Crippen molar-refractivity contribution in [2.45, 2.75) is 31.7 Å². The monoisotopic (exact) mass is 259 g/mol. The SMILES string of the molecule is Cc1nn(CC2CCOC2)c(C)c1S(N)(=O)=O.